The SMILES string of the molecule is CC[C@@H]1NC(=O)[C@H]2CN(Cc3cccc4ncccc34)CCN2C1=O. The van der Waals surface area contributed by atoms with Crippen molar-refractivity contribution in [1.82, 2.24) is 20.1 Å². The molecular formula is C19H22N4O2. The van der Waals surface area contributed by atoms with Gasteiger partial charge < -0.3 is 10.2 Å². The van der Waals surface area contributed by atoms with E-state index in [1.54, 1.807) is 11.1 Å². The molecule has 2 fully saturated rings. The molecule has 0 bridgehead atoms. The monoisotopic (exact) mass is 338 g/mol. The van der Waals surface area contributed by atoms with Crippen LogP contribution in [0.1, 0.15) is 18.9 Å². The van der Waals surface area contributed by atoms with E-state index in [2.05, 4.69) is 27.3 Å². The van der Waals surface area contributed by atoms with Gasteiger partial charge in [0.15, 0.2) is 0 Å². The average Bonchev–Trinajstić information content (AvgIpc) is 2.65. The Morgan fingerprint density at radius 3 is 2.92 bits per heavy atom. The molecule has 0 saturated carbocycles. The van der Waals surface area contributed by atoms with Crippen LogP contribution in [0.5, 0.6) is 0 Å². The Labute approximate surface area is 146 Å². The Balaban J connectivity index is 1.53. The normalized spacial score (nSPS) is 24.3. The van der Waals surface area contributed by atoms with Crippen LogP contribution in [0.3, 0.4) is 0 Å². The van der Waals surface area contributed by atoms with Crippen molar-refractivity contribution in [2.45, 2.75) is 32.0 Å². The van der Waals surface area contributed by atoms with Crippen LogP contribution in [-0.2, 0) is 16.1 Å². The third-order valence-electron chi connectivity index (χ3n) is 5.20. The number of carbonyl (C=O) groups is 2. The first kappa shape index (κ1) is 16.0. The first-order valence-electron chi connectivity index (χ1n) is 8.83. The molecule has 4 rings (SSSR count). The quantitative estimate of drug-likeness (QED) is 0.912. The zero-order chi connectivity index (χ0) is 17.4. The number of pyridine rings is 1. The number of rotatable bonds is 3. The van der Waals surface area contributed by atoms with Crippen molar-refractivity contribution in [1.29, 1.82) is 0 Å². The van der Waals surface area contributed by atoms with Crippen molar-refractivity contribution in [2.24, 2.45) is 0 Å². The second-order valence-corrected chi connectivity index (χ2v) is 6.74. The van der Waals surface area contributed by atoms with E-state index in [1.165, 1.54) is 5.56 Å². The first-order chi connectivity index (χ1) is 12.2. The van der Waals surface area contributed by atoms with Gasteiger partial charge in [0.1, 0.15) is 12.1 Å². The van der Waals surface area contributed by atoms with Crippen LogP contribution in [0, 0.1) is 0 Å². The van der Waals surface area contributed by atoms with Gasteiger partial charge in [0.25, 0.3) is 0 Å². The lowest BCUT2D eigenvalue weighted by molar-refractivity contribution is -0.153. The Morgan fingerprint density at radius 1 is 1.20 bits per heavy atom. The third-order valence-corrected chi connectivity index (χ3v) is 5.20. The van der Waals surface area contributed by atoms with Crippen molar-refractivity contribution < 1.29 is 9.59 Å². The number of carbonyl (C=O) groups excluding carboxylic acids is 2. The number of benzene rings is 1. The van der Waals surface area contributed by atoms with Gasteiger partial charge in [-0.15, -0.1) is 0 Å². The molecule has 130 valence electrons. The molecular weight excluding hydrogens is 316 g/mol. The molecule has 2 saturated heterocycles. The third kappa shape index (κ3) is 2.87. The average molecular weight is 338 g/mol. The molecule has 2 aliphatic heterocycles. The molecule has 0 radical (unpaired) electrons. The van der Waals surface area contributed by atoms with Gasteiger partial charge in [-0.05, 0) is 24.1 Å². The Bertz CT molecular complexity index is 817. The van der Waals surface area contributed by atoms with Crippen LogP contribution in [0.25, 0.3) is 10.9 Å². The molecule has 2 aromatic rings. The van der Waals surface area contributed by atoms with Crippen molar-refractivity contribution >= 4 is 22.7 Å². The summed E-state index contributed by atoms with van der Waals surface area (Å²) >= 11 is 0. The molecule has 2 amide bonds. The van der Waals surface area contributed by atoms with Crippen LogP contribution >= 0.6 is 0 Å². The predicted molar refractivity (Wildman–Crippen MR) is 94.7 cm³/mol. The highest BCUT2D eigenvalue weighted by atomic mass is 16.2. The van der Waals surface area contributed by atoms with E-state index < -0.39 is 0 Å². The lowest BCUT2D eigenvalue weighted by Crippen LogP contribution is -2.68. The van der Waals surface area contributed by atoms with Crippen molar-refractivity contribution in [2.75, 3.05) is 19.6 Å². The first-order valence-corrected chi connectivity index (χ1v) is 8.83. The molecule has 25 heavy (non-hydrogen) atoms. The van der Waals surface area contributed by atoms with Gasteiger partial charge in [0, 0.05) is 37.8 Å². The Hall–Kier alpha value is -2.47. The van der Waals surface area contributed by atoms with Gasteiger partial charge in [-0.3, -0.25) is 19.5 Å². The maximum Gasteiger partial charge on any atom is 0.245 e. The summed E-state index contributed by atoms with van der Waals surface area (Å²) in [6.07, 6.45) is 2.44. The van der Waals surface area contributed by atoms with Gasteiger partial charge in [0.05, 0.1) is 5.52 Å². The van der Waals surface area contributed by atoms with E-state index in [9.17, 15) is 9.59 Å². The van der Waals surface area contributed by atoms with E-state index in [0.717, 1.165) is 24.0 Å². The largest absolute Gasteiger partial charge is 0.342 e. The maximum atomic E-state index is 12.5. The van der Waals surface area contributed by atoms with Gasteiger partial charge in [-0.25, -0.2) is 0 Å². The minimum absolute atomic E-state index is 0.0317. The molecule has 2 aliphatic rings. The number of hydrogen-bond acceptors (Lipinski definition) is 4. The second-order valence-electron chi connectivity index (χ2n) is 6.74. The van der Waals surface area contributed by atoms with Crippen molar-refractivity contribution in [3.8, 4) is 0 Å². The Morgan fingerprint density at radius 2 is 2.08 bits per heavy atom. The van der Waals surface area contributed by atoms with Gasteiger partial charge >= 0.3 is 0 Å². The van der Waals surface area contributed by atoms with Crippen LogP contribution < -0.4 is 5.32 Å². The molecule has 0 aliphatic carbocycles. The van der Waals surface area contributed by atoms with E-state index >= 15 is 0 Å². The predicted octanol–water partition coefficient (Wildman–Crippen LogP) is 1.16. The highest BCUT2D eigenvalue weighted by Crippen LogP contribution is 2.22. The fourth-order valence-electron chi connectivity index (χ4n) is 3.82. The summed E-state index contributed by atoms with van der Waals surface area (Å²) in [6, 6.07) is 9.42. The number of fused-ring (bicyclic) bond motifs is 2. The highest BCUT2D eigenvalue weighted by molar-refractivity contribution is 5.97. The van der Waals surface area contributed by atoms with E-state index in [1.807, 2.05) is 25.1 Å². The highest BCUT2D eigenvalue weighted by Gasteiger charge is 2.42. The van der Waals surface area contributed by atoms with Crippen LogP contribution in [0.15, 0.2) is 36.5 Å². The lowest BCUT2D eigenvalue weighted by atomic mass is 10.0. The molecule has 6 heteroatoms. The molecule has 1 N–H and O–H groups in total. The van der Waals surface area contributed by atoms with E-state index in [-0.39, 0.29) is 23.9 Å². The lowest BCUT2D eigenvalue weighted by Gasteiger charge is -2.45. The van der Waals surface area contributed by atoms with Crippen LogP contribution in [0.4, 0.5) is 0 Å². The van der Waals surface area contributed by atoms with Crippen LogP contribution in [0.2, 0.25) is 0 Å². The Kier molecular flexibility index (Phi) is 4.13. The molecule has 1 aromatic carbocycles. The summed E-state index contributed by atoms with van der Waals surface area (Å²) in [5.41, 5.74) is 2.18. The molecule has 6 nitrogen and oxygen atoms in total. The summed E-state index contributed by atoms with van der Waals surface area (Å²) in [5, 5.41) is 4.00. The molecule has 0 spiro atoms. The maximum absolute atomic E-state index is 12.5. The summed E-state index contributed by atoms with van der Waals surface area (Å²) in [6.45, 7) is 4.64. The number of nitrogens with zero attached hydrogens (tertiary/aromatic N) is 3. The smallest absolute Gasteiger partial charge is 0.245 e. The fourth-order valence-corrected chi connectivity index (χ4v) is 3.82. The molecule has 2 atom stereocenters. The molecule has 1 aromatic heterocycles. The molecule has 3 heterocycles. The number of aromatic nitrogens is 1. The summed E-state index contributed by atoms with van der Waals surface area (Å²) in [4.78, 5) is 33.3. The topological polar surface area (TPSA) is 65.5 Å². The number of hydrogen-bond donors (Lipinski definition) is 1. The van der Waals surface area contributed by atoms with Gasteiger partial charge in [0.2, 0.25) is 11.8 Å². The van der Waals surface area contributed by atoms with E-state index in [4.69, 9.17) is 0 Å². The standard InChI is InChI=1S/C19H22N4O2/c1-2-15-19(25)23-10-9-22(12-17(23)18(24)21-15)11-13-5-3-7-16-14(13)6-4-8-20-16/h3-8,15,17H,2,9-12H2,1H3,(H,21,24)/t15-,17+/m0/s1. The number of nitrogens with one attached hydrogen (secondary N) is 1. The summed E-state index contributed by atoms with van der Waals surface area (Å²) in [5.74, 6) is 0.0249. The zero-order valence-electron chi connectivity index (χ0n) is 14.3. The van der Waals surface area contributed by atoms with Crippen molar-refractivity contribution in [3.63, 3.8) is 0 Å². The van der Waals surface area contributed by atoms with E-state index in [0.29, 0.717) is 19.5 Å². The number of amides is 2. The van der Waals surface area contributed by atoms with Crippen LogP contribution in [-0.4, -0.2) is 58.3 Å². The molecule has 0 unspecified atom stereocenters. The minimum Gasteiger partial charge on any atom is -0.342 e. The van der Waals surface area contributed by atoms with Gasteiger partial charge in [-0.1, -0.05) is 25.1 Å². The summed E-state index contributed by atoms with van der Waals surface area (Å²) < 4.78 is 0. The zero-order valence-corrected chi connectivity index (χ0v) is 14.3. The minimum atomic E-state index is -0.378. The fraction of sp³-hybridized carbons (Fsp3) is 0.421. The number of piperazine rings is 2. The van der Waals surface area contributed by atoms with Gasteiger partial charge in [-0.2, -0.15) is 0 Å². The van der Waals surface area contributed by atoms with Crippen molar-refractivity contribution in [3.05, 3.63) is 42.1 Å². The summed E-state index contributed by atoms with van der Waals surface area (Å²) in [7, 11) is 0. The second kappa shape index (κ2) is 6.44.